The minimum absolute atomic E-state index is 0.269. The second-order valence-corrected chi connectivity index (χ2v) is 4.37. The Morgan fingerprint density at radius 2 is 2.00 bits per heavy atom. The third kappa shape index (κ3) is 9.11. The van der Waals surface area contributed by atoms with E-state index in [0.29, 0.717) is 19.4 Å². The fraction of sp³-hybridized carbons (Fsp3) is 0.727. The summed E-state index contributed by atoms with van der Waals surface area (Å²) in [6.07, 6.45) is 2.62. The highest BCUT2D eigenvalue weighted by Crippen LogP contribution is 2.03. The van der Waals surface area contributed by atoms with Crippen LogP contribution in [0.3, 0.4) is 0 Å². The Morgan fingerprint density at radius 1 is 1.35 bits per heavy atom. The lowest BCUT2D eigenvalue weighted by atomic mass is 10.2. The zero-order valence-corrected chi connectivity index (χ0v) is 11.2. The molecule has 9 heteroatoms. The van der Waals surface area contributed by atoms with Crippen LogP contribution in [0, 0.1) is 0 Å². The quantitative estimate of drug-likeness (QED) is 0.329. The first kappa shape index (κ1) is 18.1. The summed E-state index contributed by atoms with van der Waals surface area (Å²) in [6.45, 7) is 1.22. The van der Waals surface area contributed by atoms with E-state index >= 15 is 0 Å². The Morgan fingerprint density at radius 3 is 2.35 bits per heavy atom. The van der Waals surface area contributed by atoms with E-state index in [1.165, 1.54) is 0 Å². The molecule has 0 aromatic carbocycles. The highest BCUT2D eigenvalue weighted by atomic mass is 16.4. The molecule has 1 fully saturated rings. The Bertz CT molecular complexity index is 331. The highest BCUT2D eigenvalue weighted by molar-refractivity contribution is 5.73. The van der Waals surface area contributed by atoms with E-state index in [2.05, 4.69) is 10.6 Å². The number of nitrogens with two attached hydrogens (primary N) is 2. The number of hydrogen-bond donors (Lipinski definition) is 6. The van der Waals surface area contributed by atoms with Crippen LogP contribution in [0.25, 0.3) is 0 Å². The summed E-state index contributed by atoms with van der Waals surface area (Å²) in [5, 5.41) is 21.9. The number of carbonyl (C=O) groups excluding carboxylic acids is 1. The average Bonchev–Trinajstić information content (AvgIpc) is 2.88. The topological polar surface area (TPSA) is 168 Å². The first-order chi connectivity index (χ1) is 9.34. The number of aliphatic carboxylic acids is 2. The van der Waals surface area contributed by atoms with Crippen LogP contribution < -0.4 is 22.1 Å². The van der Waals surface area contributed by atoms with Gasteiger partial charge in [0, 0.05) is 6.54 Å². The summed E-state index contributed by atoms with van der Waals surface area (Å²) in [7, 11) is 0. The lowest BCUT2D eigenvalue weighted by molar-refractivity contribution is -0.139. The number of urea groups is 1. The summed E-state index contributed by atoms with van der Waals surface area (Å²) in [5.74, 6) is -1.75. The molecular formula is C11H22N4O5. The molecule has 1 saturated heterocycles. The van der Waals surface area contributed by atoms with Crippen molar-refractivity contribution >= 4 is 18.0 Å². The zero-order chi connectivity index (χ0) is 15.5. The molecule has 0 aromatic rings. The molecule has 0 aliphatic carbocycles. The van der Waals surface area contributed by atoms with Crippen LogP contribution in [0.5, 0.6) is 0 Å². The molecule has 0 aromatic heterocycles. The van der Waals surface area contributed by atoms with Crippen LogP contribution in [0.15, 0.2) is 0 Å². The van der Waals surface area contributed by atoms with Gasteiger partial charge in [0.15, 0.2) is 0 Å². The SMILES string of the molecule is NC(=O)NCCCC(N)C(=O)O.O=C(O)[C@@H]1CCCN1. The van der Waals surface area contributed by atoms with Crippen molar-refractivity contribution < 1.29 is 24.6 Å². The summed E-state index contributed by atoms with van der Waals surface area (Å²) in [4.78, 5) is 30.5. The Kier molecular flexibility index (Phi) is 9.05. The summed E-state index contributed by atoms with van der Waals surface area (Å²) in [6, 6.07) is -1.74. The van der Waals surface area contributed by atoms with Gasteiger partial charge in [0.1, 0.15) is 12.1 Å². The fourth-order valence-corrected chi connectivity index (χ4v) is 1.55. The number of nitrogens with one attached hydrogen (secondary N) is 2. The number of carbonyl (C=O) groups is 3. The van der Waals surface area contributed by atoms with Gasteiger partial charge in [-0.1, -0.05) is 0 Å². The van der Waals surface area contributed by atoms with Gasteiger partial charge in [-0.25, -0.2) is 4.79 Å². The van der Waals surface area contributed by atoms with E-state index in [1.54, 1.807) is 0 Å². The molecule has 1 aliphatic rings. The normalized spacial score (nSPS) is 18.6. The average molecular weight is 290 g/mol. The fourth-order valence-electron chi connectivity index (χ4n) is 1.55. The van der Waals surface area contributed by atoms with Crippen molar-refractivity contribution in [3.8, 4) is 0 Å². The smallest absolute Gasteiger partial charge is 0.320 e. The molecule has 8 N–H and O–H groups in total. The zero-order valence-electron chi connectivity index (χ0n) is 11.2. The van der Waals surface area contributed by atoms with Crippen molar-refractivity contribution in [2.24, 2.45) is 11.5 Å². The van der Waals surface area contributed by atoms with Gasteiger partial charge in [-0.15, -0.1) is 0 Å². The standard InChI is InChI=1S/C6H13N3O3.C5H9NO2/c7-4(5(10)11)2-1-3-9-6(8)12;7-5(8)4-2-1-3-6-4/h4H,1-3,7H2,(H,10,11)(H3,8,9,12);4,6H,1-3H2,(H,7,8)/t;4-/m.0/s1. The molecule has 0 bridgehead atoms. The second-order valence-electron chi connectivity index (χ2n) is 4.37. The molecule has 0 radical (unpaired) electrons. The van der Waals surface area contributed by atoms with Gasteiger partial charge >= 0.3 is 18.0 Å². The second kappa shape index (κ2) is 9.98. The van der Waals surface area contributed by atoms with Crippen molar-refractivity contribution in [2.75, 3.05) is 13.1 Å². The van der Waals surface area contributed by atoms with E-state index in [4.69, 9.17) is 21.7 Å². The monoisotopic (exact) mass is 290 g/mol. The summed E-state index contributed by atoms with van der Waals surface area (Å²) >= 11 is 0. The van der Waals surface area contributed by atoms with E-state index in [9.17, 15) is 14.4 Å². The molecule has 20 heavy (non-hydrogen) atoms. The maximum Gasteiger partial charge on any atom is 0.320 e. The minimum Gasteiger partial charge on any atom is -0.480 e. The van der Waals surface area contributed by atoms with E-state index in [-0.39, 0.29) is 6.04 Å². The predicted molar refractivity (Wildman–Crippen MR) is 71.1 cm³/mol. The van der Waals surface area contributed by atoms with E-state index < -0.39 is 24.0 Å². The van der Waals surface area contributed by atoms with Gasteiger partial charge in [0.2, 0.25) is 0 Å². The summed E-state index contributed by atoms with van der Waals surface area (Å²) in [5.41, 5.74) is 9.96. The van der Waals surface area contributed by atoms with Crippen molar-refractivity contribution in [3.05, 3.63) is 0 Å². The van der Waals surface area contributed by atoms with Crippen molar-refractivity contribution in [2.45, 2.75) is 37.8 Å². The van der Waals surface area contributed by atoms with Crippen LogP contribution in [-0.2, 0) is 9.59 Å². The third-order valence-corrected chi connectivity index (χ3v) is 2.67. The van der Waals surface area contributed by atoms with Gasteiger partial charge in [-0.3, -0.25) is 9.59 Å². The van der Waals surface area contributed by atoms with Gasteiger partial charge < -0.3 is 32.3 Å². The third-order valence-electron chi connectivity index (χ3n) is 2.67. The number of primary amides is 1. The number of hydrogen-bond acceptors (Lipinski definition) is 5. The van der Waals surface area contributed by atoms with E-state index in [1.807, 2.05) is 0 Å². The molecule has 1 rings (SSSR count). The van der Waals surface area contributed by atoms with Gasteiger partial charge in [-0.2, -0.15) is 0 Å². The van der Waals surface area contributed by atoms with Crippen LogP contribution in [0.1, 0.15) is 25.7 Å². The molecular weight excluding hydrogens is 268 g/mol. The molecule has 0 saturated carbocycles. The molecule has 0 spiro atoms. The Balaban J connectivity index is 0.000000388. The Hall–Kier alpha value is -1.87. The molecule has 9 nitrogen and oxygen atoms in total. The van der Waals surface area contributed by atoms with E-state index in [0.717, 1.165) is 19.4 Å². The molecule has 1 aliphatic heterocycles. The van der Waals surface area contributed by atoms with Crippen LogP contribution >= 0.6 is 0 Å². The summed E-state index contributed by atoms with van der Waals surface area (Å²) < 4.78 is 0. The molecule has 2 amide bonds. The molecule has 1 unspecified atom stereocenters. The lowest BCUT2D eigenvalue weighted by Crippen LogP contribution is -2.33. The van der Waals surface area contributed by atoms with Crippen molar-refractivity contribution in [3.63, 3.8) is 0 Å². The maximum atomic E-state index is 10.2. The van der Waals surface area contributed by atoms with Gasteiger partial charge in [0.25, 0.3) is 0 Å². The number of rotatable bonds is 6. The molecule has 1 heterocycles. The number of carboxylic acids is 2. The van der Waals surface area contributed by atoms with Crippen LogP contribution in [-0.4, -0.2) is 53.4 Å². The molecule has 116 valence electrons. The minimum atomic E-state index is -1.03. The van der Waals surface area contributed by atoms with Gasteiger partial charge in [-0.05, 0) is 32.2 Å². The first-order valence-corrected chi connectivity index (χ1v) is 6.32. The van der Waals surface area contributed by atoms with Crippen molar-refractivity contribution in [1.82, 2.24) is 10.6 Å². The predicted octanol–water partition coefficient (Wildman–Crippen LogP) is -1.33. The number of carboxylic acid groups (broad SMARTS) is 2. The first-order valence-electron chi connectivity index (χ1n) is 6.32. The Labute approximate surface area is 116 Å². The van der Waals surface area contributed by atoms with Crippen LogP contribution in [0.4, 0.5) is 4.79 Å². The van der Waals surface area contributed by atoms with Gasteiger partial charge in [0.05, 0.1) is 0 Å². The lowest BCUT2D eigenvalue weighted by Gasteiger charge is -2.05. The van der Waals surface area contributed by atoms with Crippen LogP contribution in [0.2, 0.25) is 0 Å². The van der Waals surface area contributed by atoms with Crippen molar-refractivity contribution in [1.29, 1.82) is 0 Å². The molecule has 2 atom stereocenters. The maximum absolute atomic E-state index is 10.2. The number of amides is 2. The highest BCUT2D eigenvalue weighted by Gasteiger charge is 2.20. The largest absolute Gasteiger partial charge is 0.480 e.